The predicted molar refractivity (Wildman–Crippen MR) is 137 cm³/mol. The van der Waals surface area contributed by atoms with E-state index in [1.165, 1.54) is 22.5 Å². The second kappa shape index (κ2) is 8.23. The van der Waals surface area contributed by atoms with E-state index >= 15 is 0 Å². The van der Waals surface area contributed by atoms with Crippen LogP contribution in [0.15, 0.2) is 53.3 Å². The maximum atomic E-state index is 11.8. The lowest BCUT2D eigenvalue weighted by Gasteiger charge is -2.17. The molecule has 0 radical (unpaired) electrons. The number of para-hydroxylation sites is 1. The number of nitrogens with zero attached hydrogens (tertiary/aromatic N) is 2. The average Bonchev–Trinajstić information content (AvgIpc) is 3.57. The summed E-state index contributed by atoms with van der Waals surface area (Å²) in [5.74, 6) is 0.792. The molecule has 7 nitrogen and oxygen atoms in total. The summed E-state index contributed by atoms with van der Waals surface area (Å²) in [6.07, 6.45) is 7.43. The molecule has 0 bridgehead atoms. The van der Waals surface area contributed by atoms with E-state index in [2.05, 4.69) is 44.9 Å². The molecule has 0 spiro atoms. The SMILES string of the molecule is CC(=O)c1ccc(-c2cccc3[nH]c(-c4n[nH]c5c4=CC(C4=CCNCC4)=C(C)NC=5)nc23)s1. The fraction of sp³-hybridized carbons (Fsp3) is 0.192. The summed E-state index contributed by atoms with van der Waals surface area (Å²) in [4.78, 5) is 22.0. The van der Waals surface area contributed by atoms with Crippen LogP contribution in [0.5, 0.6) is 0 Å². The summed E-state index contributed by atoms with van der Waals surface area (Å²) in [6.45, 7) is 5.56. The molecule has 170 valence electrons. The van der Waals surface area contributed by atoms with Gasteiger partial charge in [0.25, 0.3) is 0 Å². The molecule has 4 aromatic rings. The summed E-state index contributed by atoms with van der Waals surface area (Å²) in [7, 11) is 0. The highest BCUT2D eigenvalue weighted by Crippen LogP contribution is 2.33. The number of nitrogens with one attached hydrogen (secondary N) is 4. The molecule has 6 rings (SSSR count). The van der Waals surface area contributed by atoms with Gasteiger partial charge in [0.05, 0.1) is 21.3 Å². The van der Waals surface area contributed by atoms with Crippen LogP contribution < -0.4 is 21.2 Å². The van der Waals surface area contributed by atoms with Crippen LogP contribution in [-0.2, 0) is 0 Å². The Kier molecular flexibility index (Phi) is 5.04. The van der Waals surface area contributed by atoms with Crippen molar-refractivity contribution in [1.29, 1.82) is 0 Å². The molecule has 4 N–H and O–H groups in total. The van der Waals surface area contributed by atoms with Gasteiger partial charge in [-0.1, -0.05) is 18.2 Å². The number of allylic oxidation sites excluding steroid dienone is 2. The number of aromatic nitrogens is 4. The topological polar surface area (TPSA) is 98.5 Å². The van der Waals surface area contributed by atoms with Crippen LogP contribution in [0.4, 0.5) is 0 Å². The largest absolute Gasteiger partial charge is 0.363 e. The number of carbonyl (C=O) groups excluding carboxylic acids is 1. The fourth-order valence-corrected chi connectivity index (χ4v) is 5.45. The summed E-state index contributed by atoms with van der Waals surface area (Å²) >= 11 is 1.50. The molecule has 0 unspecified atom stereocenters. The molecule has 5 heterocycles. The van der Waals surface area contributed by atoms with Crippen molar-refractivity contribution in [3.63, 3.8) is 0 Å². The third-order valence-corrected chi connectivity index (χ3v) is 7.54. The van der Waals surface area contributed by atoms with Crippen molar-refractivity contribution in [2.75, 3.05) is 13.1 Å². The van der Waals surface area contributed by atoms with Gasteiger partial charge in [-0.05, 0) is 62.2 Å². The van der Waals surface area contributed by atoms with Gasteiger partial charge in [0.1, 0.15) is 5.69 Å². The zero-order chi connectivity index (χ0) is 23.2. The Hall–Kier alpha value is -3.75. The van der Waals surface area contributed by atoms with Crippen LogP contribution >= 0.6 is 11.3 Å². The summed E-state index contributed by atoms with van der Waals surface area (Å²) in [6, 6.07) is 9.95. The number of hydrogen-bond acceptors (Lipinski definition) is 6. The molecule has 0 atom stereocenters. The first kappa shape index (κ1) is 20.8. The number of H-pyrrole nitrogens is 2. The molecule has 2 aliphatic rings. The van der Waals surface area contributed by atoms with Crippen molar-refractivity contribution in [2.45, 2.75) is 20.3 Å². The van der Waals surface area contributed by atoms with E-state index < -0.39 is 0 Å². The van der Waals surface area contributed by atoms with E-state index in [4.69, 9.17) is 4.98 Å². The van der Waals surface area contributed by atoms with Gasteiger partial charge in [-0.2, -0.15) is 5.10 Å². The minimum absolute atomic E-state index is 0.0776. The highest BCUT2D eigenvalue weighted by atomic mass is 32.1. The van der Waals surface area contributed by atoms with E-state index in [-0.39, 0.29) is 5.78 Å². The fourth-order valence-electron chi connectivity index (χ4n) is 4.53. The number of ketones is 1. The van der Waals surface area contributed by atoms with E-state index in [1.807, 2.05) is 36.5 Å². The van der Waals surface area contributed by atoms with E-state index in [9.17, 15) is 4.79 Å². The van der Waals surface area contributed by atoms with Crippen molar-refractivity contribution in [3.05, 3.63) is 68.7 Å². The highest BCUT2D eigenvalue weighted by molar-refractivity contribution is 7.17. The number of Topliss-reactive ketones (excluding diaryl/α,β-unsaturated/α-hetero) is 1. The van der Waals surface area contributed by atoms with E-state index in [0.717, 1.165) is 67.8 Å². The number of thiophene rings is 1. The van der Waals surface area contributed by atoms with Crippen molar-refractivity contribution in [2.24, 2.45) is 0 Å². The highest BCUT2D eigenvalue weighted by Gasteiger charge is 2.18. The molecule has 0 saturated heterocycles. The molecular formula is C26H24N6OS. The molecular weight excluding hydrogens is 444 g/mol. The first-order valence-electron chi connectivity index (χ1n) is 11.3. The lowest BCUT2D eigenvalue weighted by molar-refractivity contribution is 0.102. The van der Waals surface area contributed by atoms with Gasteiger partial charge >= 0.3 is 0 Å². The monoisotopic (exact) mass is 468 g/mol. The molecule has 8 heteroatoms. The molecule has 3 aromatic heterocycles. The smallest absolute Gasteiger partial charge is 0.169 e. The van der Waals surface area contributed by atoms with Gasteiger partial charge < -0.3 is 15.6 Å². The maximum Gasteiger partial charge on any atom is 0.169 e. The van der Waals surface area contributed by atoms with E-state index in [1.54, 1.807) is 6.92 Å². The summed E-state index contributed by atoms with van der Waals surface area (Å²) in [5.41, 5.74) is 7.25. The molecule has 1 aromatic carbocycles. The number of rotatable bonds is 4. The summed E-state index contributed by atoms with van der Waals surface area (Å²) < 4.78 is 0. The maximum absolute atomic E-state index is 11.8. The van der Waals surface area contributed by atoms with Crippen LogP contribution in [0.3, 0.4) is 0 Å². The lowest BCUT2D eigenvalue weighted by atomic mass is 9.97. The Bertz CT molecular complexity index is 1630. The van der Waals surface area contributed by atoms with Gasteiger partial charge in [-0.15, -0.1) is 11.3 Å². The molecule has 0 aliphatic carbocycles. The first-order valence-corrected chi connectivity index (χ1v) is 12.1. The number of imidazole rings is 1. The van der Waals surface area contributed by atoms with E-state index in [0.29, 0.717) is 5.82 Å². The zero-order valence-electron chi connectivity index (χ0n) is 19.0. The lowest BCUT2D eigenvalue weighted by Crippen LogP contribution is -2.25. The van der Waals surface area contributed by atoms with Crippen LogP contribution in [-0.4, -0.2) is 39.0 Å². The molecule has 0 fully saturated rings. The van der Waals surface area contributed by atoms with Crippen molar-refractivity contribution in [1.82, 2.24) is 30.8 Å². The Morgan fingerprint density at radius 2 is 2.09 bits per heavy atom. The number of fused-ring (bicyclic) bond motifs is 2. The predicted octanol–water partition coefficient (Wildman–Crippen LogP) is 3.20. The van der Waals surface area contributed by atoms with Gasteiger partial charge in [0.2, 0.25) is 0 Å². The molecule has 0 saturated carbocycles. The van der Waals surface area contributed by atoms with Crippen molar-refractivity contribution in [3.8, 4) is 22.0 Å². The van der Waals surface area contributed by atoms with Gasteiger partial charge in [-0.25, -0.2) is 4.98 Å². The quantitative estimate of drug-likeness (QED) is 0.345. The van der Waals surface area contributed by atoms with Crippen molar-refractivity contribution < 1.29 is 4.79 Å². The number of aromatic amines is 2. The summed E-state index contributed by atoms with van der Waals surface area (Å²) in [5, 5.41) is 16.5. The molecule has 2 aliphatic heterocycles. The van der Waals surface area contributed by atoms with Crippen LogP contribution in [0.2, 0.25) is 0 Å². The van der Waals surface area contributed by atoms with Gasteiger partial charge in [0.15, 0.2) is 11.6 Å². The van der Waals surface area contributed by atoms with Gasteiger partial charge in [-0.3, -0.25) is 9.89 Å². The third kappa shape index (κ3) is 3.52. The minimum Gasteiger partial charge on any atom is -0.363 e. The normalized spacial score (nSPS) is 15.8. The van der Waals surface area contributed by atoms with Crippen LogP contribution in [0.25, 0.3) is 45.3 Å². The first-order chi connectivity index (χ1) is 16.6. The Morgan fingerprint density at radius 3 is 2.88 bits per heavy atom. The minimum atomic E-state index is 0.0776. The number of carbonyl (C=O) groups is 1. The molecule has 34 heavy (non-hydrogen) atoms. The standard InChI is InChI=1S/C26H24N6OS/c1-14-18(16-8-10-27-11-9-16)12-19-21(13-28-14)31-32-25(19)26-29-20-5-3-4-17(24(20)30-26)23-7-6-22(34-23)15(2)33/h3-8,12-13,27-28,31H,9-11H2,1-2H3,(H,29,30). The number of benzene rings is 1. The number of hydrogen-bond donors (Lipinski definition) is 4. The van der Waals surface area contributed by atoms with Gasteiger partial charge in [0, 0.05) is 34.1 Å². The van der Waals surface area contributed by atoms with Crippen molar-refractivity contribution >= 4 is 40.4 Å². The second-order valence-corrected chi connectivity index (χ2v) is 9.65. The Balaban J connectivity index is 1.49. The third-order valence-electron chi connectivity index (χ3n) is 6.32. The molecule has 0 amide bonds. The zero-order valence-corrected chi connectivity index (χ0v) is 19.8. The second-order valence-electron chi connectivity index (χ2n) is 8.56. The van der Waals surface area contributed by atoms with Crippen LogP contribution in [0, 0.1) is 0 Å². The Labute approximate surface area is 200 Å². The Morgan fingerprint density at radius 1 is 1.18 bits per heavy atom. The average molecular weight is 469 g/mol. The van der Waals surface area contributed by atoms with Crippen LogP contribution in [0.1, 0.15) is 29.9 Å².